The van der Waals surface area contributed by atoms with E-state index in [0.717, 1.165) is 22.4 Å². The van der Waals surface area contributed by atoms with Gasteiger partial charge in [0.05, 0.1) is 7.11 Å². The maximum Gasteiger partial charge on any atom is 0.165 e. The maximum absolute atomic E-state index is 6.02. The SMILES string of the molecule is COc1cc(Br)cc2c1OC(c1ccccc1)C2. The summed E-state index contributed by atoms with van der Waals surface area (Å²) in [6.45, 7) is 0. The molecular weight excluding hydrogens is 292 g/mol. The average Bonchev–Trinajstić information content (AvgIpc) is 2.82. The van der Waals surface area contributed by atoms with Crippen molar-refractivity contribution in [3.8, 4) is 11.5 Å². The van der Waals surface area contributed by atoms with Gasteiger partial charge < -0.3 is 9.47 Å². The number of rotatable bonds is 2. The van der Waals surface area contributed by atoms with Gasteiger partial charge in [-0.1, -0.05) is 46.3 Å². The lowest BCUT2D eigenvalue weighted by Crippen LogP contribution is -2.02. The van der Waals surface area contributed by atoms with Gasteiger partial charge in [-0.15, -0.1) is 0 Å². The Morgan fingerprint density at radius 1 is 1.22 bits per heavy atom. The van der Waals surface area contributed by atoms with Crippen molar-refractivity contribution in [2.75, 3.05) is 7.11 Å². The molecule has 1 atom stereocenters. The molecule has 1 aliphatic heterocycles. The van der Waals surface area contributed by atoms with Crippen LogP contribution in [0.25, 0.3) is 0 Å². The molecule has 0 fully saturated rings. The molecule has 0 saturated heterocycles. The normalized spacial score (nSPS) is 17.1. The highest BCUT2D eigenvalue weighted by Gasteiger charge is 2.27. The molecule has 0 bridgehead atoms. The van der Waals surface area contributed by atoms with E-state index >= 15 is 0 Å². The summed E-state index contributed by atoms with van der Waals surface area (Å²) < 4.78 is 12.4. The van der Waals surface area contributed by atoms with Crippen LogP contribution in [-0.2, 0) is 6.42 Å². The summed E-state index contributed by atoms with van der Waals surface area (Å²) in [5, 5.41) is 0. The topological polar surface area (TPSA) is 18.5 Å². The van der Waals surface area contributed by atoms with Gasteiger partial charge in [0.15, 0.2) is 11.5 Å². The molecule has 0 radical (unpaired) electrons. The minimum Gasteiger partial charge on any atom is -0.493 e. The van der Waals surface area contributed by atoms with Crippen LogP contribution in [-0.4, -0.2) is 7.11 Å². The molecule has 3 rings (SSSR count). The largest absolute Gasteiger partial charge is 0.493 e. The fraction of sp³-hybridized carbons (Fsp3) is 0.200. The number of halogens is 1. The van der Waals surface area contributed by atoms with Gasteiger partial charge in [0.25, 0.3) is 0 Å². The first-order chi connectivity index (χ1) is 8.78. The minimum absolute atomic E-state index is 0.0874. The van der Waals surface area contributed by atoms with Gasteiger partial charge >= 0.3 is 0 Å². The van der Waals surface area contributed by atoms with Gasteiger partial charge in [0.2, 0.25) is 0 Å². The van der Waals surface area contributed by atoms with Crippen molar-refractivity contribution in [1.82, 2.24) is 0 Å². The van der Waals surface area contributed by atoms with Crippen molar-refractivity contribution in [2.24, 2.45) is 0 Å². The van der Waals surface area contributed by atoms with Crippen molar-refractivity contribution in [2.45, 2.75) is 12.5 Å². The average molecular weight is 305 g/mol. The fourth-order valence-corrected chi connectivity index (χ4v) is 2.78. The molecule has 0 aromatic heterocycles. The summed E-state index contributed by atoms with van der Waals surface area (Å²) in [4.78, 5) is 0. The zero-order chi connectivity index (χ0) is 12.5. The van der Waals surface area contributed by atoms with Crippen molar-refractivity contribution in [1.29, 1.82) is 0 Å². The molecule has 1 unspecified atom stereocenters. The standard InChI is InChI=1S/C15H13BrO2/c1-17-14-9-12(16)7-11-8-13(18-15(11)14)10-5-3-2-4-6-10/h2-7,9,13H,8H2,1H3. The fourth-order valence-electron chi connectivity index (χ4n) is 2.30. The summed E-state index contributed by atoms with van der Waals surface area (Å²) in [7, 11) is 1.67. The summed E-state index contributed by atoms with van der Waals surface area (Å²) >= 11 is 3.50. The number of ether oxygens (including phenoxy) is 2. The summed E-state index contributed by atoms with van der Waals surface area (Å²) in [6, 6.07) is 14.3. The lowest BCUT2D eigenvalue weighted by molar-refractivity contribution is 0.228. The highest BCUT2D eigenvalue weighted by molar-refractivity contribution is 9.10. The van der Waals surface area contributed by atoms with E-state index in [1.807, 2.05) is 24.3 Å². The molecule has 0 saturated carbocycles. The molecule has 3 heteroatoms. The first kappa shape index (κ1) is 11.6. The molecule has 1 aliphatic rings. The van der Waals surface area contributed by atoms with E-state index < -0.39 is 0 Å². The number of fused-ring (bicyclic) bond motifs is 1. The van der Waals surface area contributed by atoms with E-state index in [1.54, 1.807) is 7.11 Å². The summed E-state index contributed by atoms with van der Waals surface area (Å²) in [6.07, 6.45) is 0.971. The molecule has 2 aromatic rings. The second-order valence-electron chi connectivity index (χ2n) is 4.32. The highest BCUT2D eigenvalue weighted by atomic mass is 79.9. The number of hydrogen-bond donors (Lipinski definition) is 0. The number of benzene rings is 2. The van der Waals surface area contributed by atoms with Gasteiger partial charge in [-0.25, -0.2) is 0 Å². The van der Waals surface area contributed by atoms with E-state index in [1.165, 1.54) is 11.1 Å². The minimum atomic E-state index is 0.0874. The quantitative estimate of drug-likeness (QED) is 0.830. The van der Waals surface area contributed by atoms with E-state index in [-0.39, 0.29) is 6.10 Å². The molecule has 1 heterocycles. The monoisotopic (exact) mass is 304 g/mol. The predicted octanol–water partition coefficient (Wildman–Crippen LogP) is 4.13. The lowest BCUT2D eigenvalue weighted by Gasteiger charge is -2.12. The Bertz CT molecular complexity index is 566. The Morgan fingerprint density at radius 3 is 2.72 bits per heavy atom. The first-order valence-electron chi connectivity index (χ1n) is 5.86. The zero-order valence-corrected chi connectivity index (χ0v) is 11.6. The van der Waals surface area contributed by atoms with Gasteiger partial charge in [0, 0.05) is 16.5 Å². The van der Waals surface area contributed by atoms with Crippen molar-refractivity contribution < 1.29 is 9.47 Å². The van der Waals surface area contributed by atoms with Crippen LogP contribution in [0.2, 0.25) is 0 Å². The van der Waals surface area contributed by atoms with E-state index in [9.17, 15) is 0 Å². The molecule has 0 amide bonds. The maximum atomic E-state index is 6.02. The van der Waals surface area contributed by atoms with Gasteiger partial charge in [-0.2, -0.15) is 0 Å². The van der Waals surface area contributed by atoms with E-state index in [4.69, 9.17) is 9.47 Å². The van der Waals surface area contributed by atoms with Crippen LogP contribution in [0.4, 0.5) is 0 Å². The third-order valence-electron chi connectivity index (χ3n) is 3.15. The molecule has 0 spiro atoms. The van der Waals surface area contributed by atoms with Crippen LogP contribution in [0.3, 0.4) is 0 Å². The Labute approximate surface area is 115 Å². The summed E-state index contributed by atoms with van der Waals surface area (Å²) in [5.41, 5.74) is 2.39. The van der Waals surface area contributed by atoms with Gasteiger partial charge in [-0.3, -0.25) is 0 Å². The van der Waals surface area contributed by atoms with Crippen molar-refractivity contribution >= 4 is 15.9 Å². The van der Waals surface area contributed by atoms with Crippen LogP contribution < -0.4 is 9.47 Å². The first-order valence-corrected chi connectivity index (χ1v) is 6.65. The Kier molecular flexibility index (Phi) is 3.00. The predicted molar refractivity (Wildman–Crippen MR) is 74.2 cm³/mol. The number of hydrogen-bond acceptors (Lipinski definition) is 2. The van der Waals surface area contributed by atoms with Crippen LogP contribution >= 0.6 is 15.9 Å². The van der Waals surface area contributed by atoms with Crippen LogP contribution in [0.1, 0.15) is 17.2 Å². The molecule has 0 aliphatic carbocycles. The van der Waals surface area contributed by atoms with E-state index in [2.05, 4.69) is 34.1 Å². The Hall–Kier alpha value is -1.48. The second-order valence-corrected chi connectivity index (χ2v) is 5.23. The molecule has 0 N–H and O–H groups in total. The van der Waals surface area contributed by atoms with Crippen LogP contribution in [0.5, 0.6) is 11.5 Å². The molecule has 2 nitrogen and oxygen atoms in total. The Balaban J connectivity index is 1.96. The third kappa shape index (κ3) is 1.99. The van der Waals surface area contributed by atoms with Gasteiger partial charge in [0.1, 0.15) is 6.10 Å². The molecule has 2 aromatic carbocycles. The van der Waals surface area contributed by atoms with Crippen LogP contribution in [0, 0.1) is 0 Å². The molecular formula is C15H13BrO2. The summed E-state index contributed by atoms with van der Waals surface area (Å²) in [5.74, 6) is 1.66. The van der Waals surface area contributed by atoms with Crippen molar-refractivity contribution in [3.05, 3.63) is 58.1 Å². The van der Waals surface area contributed by atoms with Gasteiger partial charge in [-0.05, 0) is 17.7 Å². The molecule has 92 valence electrons. The zero-order valence-electron chi connectivity index (χ0n) is 10.0. The van der Waals surface area contributed by atoms with E-state index in [0.29, 0.717) is 0 Å². The lowest BCUT2D eigenvalue weighted by atomic mass is 10.0. The second kappa shape index (κ2) is 4.65. The molecule has 18 heavy (non-hydrogen) atoms. The smallest absolute Gasteiger partial charge is 0.165 e. The van der Waals surface area contributed by atoms with Crippen LogP contribution in [0.15, 0.2) is 46.9 Å². The number of methoxy groups -OCH3 is 1. The highest BCUT2D eigenvalue weighted by Crippen LogP contribution is 2.44. The Morgan fingerprint density at radius 2 is 2.00 bits per heavy atom. The third-order valence-corrected chi connectivity index (χ3v) is 3.61. The van der Waals surface area contributed by atoms with Crippen molar-refractivity contribution in [3.63, 3.8) is 0 Å².